The van der Waals surface area contributed by atoms with Gasteiger partial charge in [0, 0.05) is 16.3 Å². The van der Waals surface area contributed by atoms with Crippen LogP contribution in [0.2, 0.25) is 0 Å². The molecule has 0 saturated carbocycles. The van der Waals surface area contributed by atoms with Crippen LogP contribution in [0.1, 0.15) is 56.2 Å². The summed E-state index contributed by atoms with van der Waals surface area (Å²) < 4.78 is 2.12. The van der Waals surface area contributed by atoms with Crippen molar-refractivity contribution in [1.82, 2.24) is 4.57 Å². The lowest BCUT2D eigenvalue weighted by Crippen LogP contribution is -2.57. The quantitative estimate of drug-likeness (QED) is 0.142. The van der Waals surface area contributed by atoms with E-state index >= 15 is 0 Å². The molecule has 4 aromatic rings. The highest BCUT2D eigenvalue weighted by atomic mass is 32.1. The van der Waals surface area contributed by atoms with E-state index in [0.717, 1.165) is 59.4 Å². The lowest BCUT2D eigenvalue weighted by molar-refractivity contribution is -0.120. The van der Waals surface area contributed by atoms with Crippen LogP contribution >= 0.6 is 23.6 Å². The van der Waals surface area contributed by atoms with Crippen LogP contribution in [0.25, 0.3) is 11.8 Å². The lowest BCUT2D eigenvalue weighted by atomic mass is 9.97. The molecule has 0 unspecified atom stereocenters. The first-order valence-corrected chi connectivity index (χ1v) is 15.2. The van der Waals surface area contributed by atoms with Gasteiger partial charge >= 0.3 is 0 Å². The molecule has 2 aromatic heterocycles. The highest BCUT2D eigenvalue weighted by molar-refractivity contribution is 7.81. The predicted octanol–water partition coefficient (Wildman–Crippen LogP) is 7.27. The maximum Gasteiger partial charge on any atom is 0.270 e. The fourth-order valence-corrected chi connectivity index (χ4v) is 7.47. The van der Waals surface area contributed by atoms with Crippen molar-refractivity contribution < 1.29 is 9.59 Å². The van der Waals surface area contributed by atoms with Gasteiger partial charge in [0.05, 0.1) is 17.1 Å². The minimum atomic E-state index is -0.466. The summed E-state index contributed by atoms with van der Waals surface area (Å²) in [4.78, 5) is 33.0. The molecule has 0 bridgehead atoms. The third kappa shape index (κ3) is 4.50. The smallest absolute Gasteiger partial charge is 0.270 e. The summed E-state index contributed by atoms with van der Waals surface area (Å²) in [5, 5.41) is 10.1. The van der Waals surface area contributed by atoms with Crippen LogP contribution < -0.4 is 9.80 Å². The van der Waals surface area contributed by atoms with E-state index in [-0.39, 0.29) is 10.7 Å². The number of anilines is 2. The predicted molar refractivity (Wildman–Crippen MR) is 172 cm³/mol. The van der Waals surface area contributed by atoms with Crippen LogP contribution in [-0.4, -0.2) is 21.5 Å². The van der Waals surface area contributed by atoms with Crippen molar-refractivity contribution in [1.29, 1.82) is 5.26 Å². The van der Waals surface area contributed by atoms with Gasteiger partial charge in [-0.3, -0.25) is 19.4 Å². The maximum absolute atomic E-state index is 14.1. The largest absolute Gasteiger partial charge is 0.316 e. The summed E-state index contributed by atoms with van der Waals surface area (Å²) >= 11 is 7.38. The van der Waals surface area contributed by atoms with E-state index in [1.807, 2.05) is 82.3 Å². The first-order valence-electron chi connectivity index (χ1n) is 14.0. The number of carbonyl (C=O) groups is 2. The van der Waals surface area contributed by atoms with E-state index in [0.29, 0.717) is 16.3 Å². The van der Waals surface area contributed by atoms with Gasteiger partial charge in [-0.25, -0.2) is 0 Å². The molecule has 2 aliphatic rings. The van der Waals surface area contributed by atoms with Gasteiger partial charge in [-0.2, -0.15) is 5.26 Å². The van der Waals surface area contributed by atoms with E-state index in [2.05, 4.69) is 10.6 Å². The van der Waals surface area contributed by atoms with Crippen LogP contribution in [0.15, 0.2) is 60.2 Å². The van der Waals surface area contributed by atoms with Gasteiger partial charge < -0.3 is 4.57 Å². The zero-order chi connectivity index (χ0) is 29.7. The third-order valence-electron chi connectivity index (χ3n) is 8.25. The number of aryl methyl sites for hydroxylation is 4. The Hall–Kier alpha value is -4.32. The molecular weight excluding hydrogens is 561 g/mol. The van der Waals surface area contributed by atoms with Crippen LogP contribution in [0.4, 0.5) is 11.4 Å². The number of thiophene rings is 1. The molecule has 2 aromatic carbocycles. The minimum Gasteiger partial charge on any atom is -0.316 e. The van der Waals surface area contributed by atoms with Crippen molar-refractivity contribution in [3.05, 3.63) is 104 Å². The number of hydrogen-bond acceptors (Lipinski definition) is 5. The first-order chi connectivity index (χ1) is 20.2. The first kappa shape index (κ1) is 27.8. The normalized spacial score (nSPS) is 16.3. The van der Waals surface area contributed by atoms with Gasteiger partial charge in [-0.1, -0.05) is 24.3 Å². The topological polar surface area (TPSA) is 69.3 Å². The second-order valence-electron chi connectivity index (χ2n) is 10.9. The summed E-state index contributed by atoms with van der Waals surface area (Å²) in [5.74, 6) is -0.928. The summed E-state index contributed by atoms with van der Waals surface area (Å²) in [6, 6.07) is 19.3. The lowest BCUT2D eigenvalue weighted by Gasteiger charge is -2.36. The summed E-state index contributed by atoms with van der Waals surface area (Å²) in [5.41, 5.74) is 8.11. The number of nitrogens with zero attached hydrogens (tertiary/aromatic N) is 4. The van der Waals surface area contributed by atoms with E-state index in [4.69, 9.17) is 12.2 Å². The SMILES string of the molecule is Cc1ccc(N2C(=O)/C(=C\c3cc(C)n(-c4c(C#N)sc5c4CCCC5)c3C)C(=O)N(c3ccccc3)C2=S)cc1C. The van der Waals surface area contributed by atoms with Gasteiger partial charge in [0.2, 0.25) is 0 Å². The third-order valence-corrected chi connectivity index (χ3v) is 9.80. The van der Waals surface area contributed by atoms with E-state index in [1.165, 1.54) is 20.2 Å². The van der Waals surface area contributed by atoms with Crippen molar-refractivity contribution in [2.45, 2.75) is 53.4 Å². The Labute approximate surface area is 255 Å². The number of hydrogen-bond donors (Lipinski definition) is 0. The molecule has 42 heavy (non-hydrogen) atoms. The zero-order valence-corrected chi connectivity index (χ0v) is 25.7. The summed E-state index contributed by atoms with van der Waals surface area (Å²) in [7, 11) is 0. The molecule has 6 rings (SSSR count). The maximum atomic E-state index is 14.1. The number of benzene rings is 2. The average Bonchev–Trinajstić information content (AvgIpc) is 3.48. The Morgan fingerprint density at radius 1 is 0.881 bits per heavy atom. The van der Waals surface area contributed by atoms with Gasteiger partial charge in [0.15, 0.2) is 5.11 Å². The van der Waals surface area contributed by atoms with Crippen molar-refractivity contribution in [3.8, 4) is 11.8 Å². The average molecular weight is 591 g/mol. The van der Waals surface area contributed by atoms with Crippen molar-refractivity contribution in [3.63, 3.8) is 0 Å². The Balaban J connectivity index is 1.51. The molecule has 210 valence electrons. The Morgan fingerprint density at radius 3 is 2.26 bits per heavy atom. The molecule has 0 N–H and O–H groups in total. The van der Waals surface area contributed by atoms with Crippen LogP contribution in [0, 0.1) is 39.0 Å². The molecule has 3 heterocycles. The van der Waals surface area contributed by atoms with E-state index in [1.54, 1.807) is 17.4 Å². The molecule has 1 aliphatic heterocycles. The number of thiocarbonyl (C=S) groups is 1. The number of aromatic nitrogens is 1. The molecule has 8 heteroatoms. The van der Waals surface area contributed by atoms with Gasteiger partial charge in [-0.15, -0.1) is 11.3 Å². The molecule has 1 saturated heterocycles. The molecule has 0 spiro atoms. The zero-order valence-electron chi connectivity index (χ0n) is 24.0. The molecule has 1 fully saturated rings. The number of amides is 2. The Bertz CT molecular complexity index is 1860. The number of para-hydroxylation sites is 1. The van der Waals surface area contributed by atoms with Gasteiger partial charge in [0.25, 0.3) is 11.8 Å². The number of fused-ring (bicyclic) bond motifs is 1. The van der Waals surface area contributed by atoms with E-state index < -0.39 is 11.8 Å². The highest BCUT2D eigenvalue weighted by Gasteiger charge is 2.41. The van der Waals surface area contributed by atoms with E-state index in [9.17, 15) is 14.9 Å². The van der Waals surface area contributed by atoms with Crippen LogP contribution in [0.3, 0.4) is 0 Å². The monoisotopic (exact) mass is 590 g/mol. The second kappa shape index (κ2) is 10.8. The fourth-order valence-electron chi connectivity index (χ4n) is 5.92. The molecule has 0 radical (unpaired) electrons. The highest BCUT2D eigenvalue weighted by Crippen LogP contribution is 2.39. The van der Waals surface area contributed by atoms with Crippen molar-refractivity contribution >= 4 is 57.9 Å². The Kier molecular flexibility index (Phi) is 7.17. The van der Waals surface area contributed by atoms with Gasteiger partial charge in [-0.05, 0) is 124 Å². The van der Waals surface area contributed by atoms with Crippen molar-refractivity contribution in [2.24, 2.45) is 0 Å². The fraction of sp³-hybridized carbons (Fsp3) is 0.235. The minimum absolute atomic E-state index is 0.0267. The number of rotatable bonds is 4. The van der Waals surface area contributed by atoms with Crippen LogP contribution in [-0.2, 0) is 22.4 Å². The van der Waals surface area contributed by atoms with Crippen molar-refractivity contribution in [2.75, 3.05) is 9.80 Å². The molecule has 0 atom stereocenters. The standard InChI is InChI=1S/C34H30N4O2S2/c1-20-14-15-26(16-21(20)2)38-33(40)28(32(39)37(34(38)41)25-10-6-5-7-11-25)18-24-17-22(3)36(23(24)4)31-27-12-8-9-13-29(27)42-30(31)19-35/h5-7,10-11,14-18H,8-9,12-13H2,1-4H3/b28-18-. The van der Waals surface area contributed by atoms with Gasteiger partial charge in [0.1, 0.15) is 16.5 Å². The van der Waals surface area contributed by atoms with Crippen LogP contribution in [0.5, 0.6) is 0 Å². The summed E-state index contributed by atoms with van der Waals surface area (Å²) in [6.07, 6.45) is 5.86. The molecule has 6 nitrogen and oxygen atoms in total. The molecule has 2 amide bonds. The number of nitriles is 1. The second-order valence-corrected chi connectivity index (χ2v) is 12.4. The number of carbonyl (C=O) groups excluding carboxylic acids is 2. The summed E-state index contributed by atoms with van der Waals surface area (Å²) in [6.45, 7) is 7.98. The molecular formula is C34H30N4O2S2. The molecule has 1 aliphatic carbocycles. The Morgan fingerprint density at radius 2 is 1.57 bits per heavy atom.